The van der Waals surface area contributed by atoms with Gasteiger partial charge in [-0.05, 0) is 47.9 Å². The van der Waals surface area contributed by atoms with Crippen molar-refractivity contribution in [3.63, 3.8) is 0 Å². The molecule has 2 nitrogen and oxygen atoms in total. The molecule has 1 aliphatic carbocycles. The van der Waals surface area contributed by atoms with Crippen molar-refractivity contribution in [3.8, 4) is 0 Å². The van der Waals surface area contributed by atoms with E-state index in [1.807, 2.05) is 6.07 Å². The first kappa shape index (κ1) is 10.6. The quantitative estimate of drug-likeness (QED) is 0.875. The van der Waals surface area contributed by atoms with Gasteiger partial charge >= 0.3 is 0 Å². The predicted octanol–water partition coefficient (Wildman–Crippen LogP) is 2.56. The molecule has 0 spiro atoms. The number of hydrogen-bond acceptors (Lipinski definition) is 2. The van der Waals surface area contributed by atoms with E-state index >= 15 is 0 Å². The van der Waals surface area contributed by atoms with Gasteiger partial charge in [-0.15, -0.1) is 0 Å². The van der Waals surface area contributed by atoms with Gasteiger partial charge in [-0.2, -0.15) is 0 Å². The van der Waals surface area contributed by atoms with E-state index in [4.69, 9.17) is 10.2 Å². The Bertz CT molecular complexity index is 464. The minimum absolute atomic E-state index is 0.222. The minimum Gasteiger partial charge on any atom is -0.472 e. The molecule has 1 heterocycles. The molecule has 0 aliphatic heterocycles. The van der Waals surface area contributed by atoms with Crippen LogP contribution in [0.25, 0.3) is 0 Å². The fraction of sp³-hybridized carbons (Fsp3) is 0.333. The molecule has 2 aromatic rings. The van der Waals surface area contributed by atoms with Gasteiger partial charge in [0.15, 0.2) is 0 Å². The van der Waals surface area contributed by atoms with Crippen molar-refractivity contribution in [3.05, 3.63) is 59.5 Å². The molecule has 0 bridgehead atoms. The van der Waals surface area contributed by atoms with Crippen LogP contribution in [0, 0.1) is 5.92 Å². The van der Waals surface area contributed by atoms with Crippen LogP contribution in [0.2, 0.25) is 0 Å². The maximum absolute atomic E-state index is 6.31. The van der Waals surface area contributed by atoms with Crippen molar-refractivity contribution in [2.45, 2.75) is 25.3 Å². The molecule has 0 fully saturated rings. The predicted molar refractivity (Wildman–Crippen MR) is 67.7 cm³/mol. The van der Waals surface area contributed by atoms with Gasteiger partial charge in [0.1, 0.15) is 0 Å². The van der Waals surface area contributed by atoms with Crippen LogP contribution in [0.15, 0.2) is 47.3 Å². The molecule has 1 atom stereocenters. The molecule has 2 N–H and O–H groups in total. The van der Waals surface area contributed by atoms with Crippen LogP contribution in [0.5, 0.6) is 0 Å². The molecule has 0 radical (unpaired) electrons. The Hall–Kier alpha value is -1.54. The lowest BCUT2D eigenvalue weighted by atomic mass is 9.93. The summed E-state index contributed by atoms with van der Waals surface area (Å²) in [7, 11) is 0. The third kappa shape index (κ3) is 2.13. The monoisotopic (exact) mass is 227 g/mol. The van der Waals surface area contributed by atoms with Crippen molar-refractivity contribution >= 4 is 0 Å². The summed E-state index contributed by atoms with van der Waals surface area (Å²) in [5.41, 5.74) is 10.5. The Morgan fingerprint density at radius 2 is 1.88 bits per heavy atom. The van der Waals surface area contributed by atoms with E-state index in [1.54, 1.807) is 12.5 Å². The summed E-state index contributed by atoms with van der Waals surface area (Å²) in [5.74, 6) is 0.572. The first-order chi connectivity index (χ1) is 8.33. The Kier molecular flexibility index (Phi) is 2.73. The number of rotatable bonds is 3. The third-order valence-electron chi connectivity index (χ3n) is 3.74. The van der Waals surface area contributed by atoms with Crippen molar-refractivity contribution in [2.24, 2.45) is 11.7 Å². The first-order valence-corrected chi connectivity index (χ1v) is 6.16. The van der Waals surface area contributed by atoms with Crippen LogP contribution in [-0.2, 0) is 19.3 Å². The molecule has 3 rings (SSSR count). The van der Waals surface area contributed by atoms with Gasteiger partial charge in [-0.3, -0.25) is 0 Å². The highest BCUT2D eigenvalue weighted by atomic mass is 16.3. The zero-order chi connectivity index (χ0) is 11.7. The normalized spacial score (nSPS) is 17.0. The zero-order valence-corrected chi connectivity index (χ0v) is 9.80. The lowest BCUT2D eigenvalue weighted by Crippen LogP contribution is -2.32. The van der Waals surface area contributed by atoms with E-state index in [2.05, 4.69) is 24.3 Å². The van der Waals surface area contributed by atoms with Crippen LogP contribution < -0.4 is 5.73 Å². The van der Waals surface area contributed by atoms with Gasteiger partial charge in [-0.25, -0.2) is 0 Å². The van der Waals surface area contributed by atoms with E-state index in [0.717, 1.165) is 19.3 Å². The maximum Gasteiger partial charge on any atom is 0.0935 e. The highest BCUT2D eigenvalue weighted by Crippen LogP contribution is 2.29. The Balaban J connectivity index is 1.68. The van der Waals surface area contributed by atoms with Gasteiger partial charge in [0.25, 0.3) is 0 Å². The third-order valence-corrected chi connectivity index (χ3v) is 3.74. The number of furan rings is 1. The van der Waals surface area contributed by atoms with Crippen LogP contribution in [-0.4, -0.2) is 6.04 Å². The molecular formula is C15H17NO. The summed E-state index contributed by atoms with van der Waals surface area (Å²) < 4.78 is 5.08. The number of fused-ring (bicyclic) bond motifs is 1. The fourth-order valence-corrected chi connectivity index (χ4v) is 2.74. The number of hydrogen-bond donors (Lipinski definition) is 1. The summed E-state index contributed by atoms with van der Waals surface area (Å²) in [6.07, 6.45) is 6.66. The van der Waals surface area contributed by atoms with Gasteiger partial charge in [0.05, 0.1) is 12.5 Å². The average Bonchev–Trinajstić information content (AvgIpc) is 2.96. The lowest BCUT2D eigenvalue weighted by molar-refractivity contribution is 0.435. The van der Waals surface area contributed by atoms with Crippen molar-refractivity contribution in [1.82, 2.24) is 0 Å². The molecule has 17 heavy (non-hydrogen) atoms. The summed E-state index contributed by atoms with van der Waals surface area (Å²) in [6.45, 7) is 0. The van der Waals surface area contributed by atoms with E-state index in [1.165, 1.54) is 16.7 Å². The highest BCUT2D eigenvalue weighted by Gasteiger charge is 2.26. The van der Waals surface area contributed by atoms with Gasteiger partial charge in [0, 0.05) is 6.04 Å². The smallest absolute Gasteiger partial charge is 0.0935 e. The SMILES string of the molecule is NC(Cc1ccoc1)C1Cc2ccccc2C1. The topological polar surface area (TPSA) is 39.2 Å². The minimum atomic E-state index is 0.222. The van der Waals surface area contributed by atoms with E-state index in [-0.39, 0.29) is 6.04 Å². The highest BCUT2D eigenvalue weighted by molar-refractivity contribution is 5.32. The zero-order valence-electron chi connectivity index (χ0n) is 9.80. The number of benzene rings is 1. The summed E-state index contributed by atoms with van der Waals surface area (Å²) in [5, 5.41) is 0. The Morgan fingerprint density at radius 1 is 1.18 bits per heavy atom. The van der Waals surface area contributed by atoms with Crippen LogP contribution in [0.1, 0.15) is 16.7 Å². The molecule has 1 unspecified atom stereocenters. The second-order valence-corrected chi connectivity index (χ2v) is 4.94. The van der Waals surface area contributed by atoms with Crippen LogP contribution in [0.3, 0.4) is 0 Å². The summed E-state index contributed by atoms with van der Waals surface area (Å²) in [6, 6.07) is 10.9. The first-order valence-electron chi connectivity index (χ1n) is 6.16. The molecule has 0 saturated heterocycles. The Labute approximate surface area is 101 Å². The molecule has 0 saturated carbocycles. The molecule has 88 valence electrons. The molecule has 2 heteroatoms. The largest absolute Gasteiger partial charge is 0.472 e. The molecule has 1 aliphatic rings. The van der Waals surface area contributed by atoms with Gasteiger partial charge in [-0.1, -0.05) is 24.3 Å². The van der Waals surface area contributed by atoms with Gasteiger partial charge in [0.2, 0.25) is 0 Å². The molecule has 1 aromatic heterocycles. The summed E-state index contributed by atoms with van der Waals surface area (Å²) in [4.78, 5) is 0. The van der Waals surface area contributed by atoms with Crippen LogP contribution >= 0.6 is 0 Å². The van der Waals surface area contributed by atoms with E-state index in [0.29, 0.717) is 5.92 Å². The van der Waals surface area contributed by atoms with Crippen molar-refractivity contribution < 1.29 is 4.42 Å². The van der Waals surface area contributed by atoms with Gasteiger partial charge < -0.3 is 10.2 Å². The molecule has 1 aromatic carbocycles. The second-order valence-electron chi connectivity index (χ2n) is 4.94. The van der Waals surface area contributed by atoms with E-state index < -0.39 is 0 Å². The maximum atomic E-state index is 6.31. The average molecular weight is 227 g/mol. The fourth-order valence-electron chi connectivity index (χ4n) is 2.74. The van der Waals surface area contributed by atoms with Crippen molar-refractivity contribution in [2.75, 3.05) is 0 Å². The second kappa shape index (κ2) is 4.38. The van der Waals surface area contributed by atoms with E-state index in [9.17, 15) is 0 Å². The number of nitrogens with two attached hydrogens (primary N) is 1. The van der Waals surface area contributed by atoms with Crippen molar-refractivity contribution in [1.29, 1.82) is 0 Å². The Morgan fingerprint density at radius 3 is 2.47 bits per heavy atom. The summed E-state index contributed by atoms with van der Waals surface area (Å²) >= 11 is 0. The van der Waals surface area contributed by atoms with Crippen LogP contribution in [0.4, 0.5) is 0 Å². The molecular weight excluding hydrogens is 210 g/mol. The lowest BCUT2D eigenvalue weighted by Gasteiger charge is -2.17. The molecule has 0 amide bonds. The standard InChI is InChI=1S/C15H17NO/c16-15(7-11-5-6-17-10-11)14-8-12-3-1-2-4-13(12)9-14/h1-6,10,14-15H,7-9,16H2.